The van der Waals surface area contributed by atoms with E-state index in [1.165, 1.54) is 5.56 Å². The molecule has 0 radical (unpaired) electrons. The maximum Gasteiger partial charge on any atom is 0.246 e. The molecule has 2 heterocycles. The van der Waals surface area contributed by atoms with Crippen molar-refractivity contribution in [3.8, 4) is 5.69 Å². The molecule has 0 saturated heterocycles. The summed E-state index contributed by atoms with van der Waals surface area (Å²) in [5, 5.41) is 8.74. The van der Waals surface area contributed by atoms with Crippen LogP contribution >= 0.6 is 0 Å². The number of aromatic nitrogens is 4. The summed E-state index contributed by atoms with van der Waals surface area (Å²) in [6.07, 6.45) is 10.8. The first-order valence-corrected chi connectivity index (χ1v) is 9.76. The Kier molecular flexibility index (Phi) is 5.85. The zero-order valence-electron chi connectivity index (χ0n) is 16.8. The number of para-hydroxylation sites is 1. The minimum atomic E-state index is -0.0710. The molecule has 4 rings (SSSR count). The fourth-order valence-electron chi connectivity index (χ4n) is 3.14. The fourth-order valence-corrected chi connectivity index (χ4v) is 3.14. The van der Waals surface area contributed by atoms with Gasteiger partial charge in [0.25, 0.3) is 0 Å². The monoisotopic (exact) mass is 397 g/mol. The highest BCUT2D eigenvalue weighted by molar-refractivity contribution is 5.91. The molecule has 0 bridgehead atoms. The number of carbonyl (C=O) groups is 1. The van der Waals surface area contributed by atoms with Crippen LogP contribution in [0.3, 0.4) is 0 Å². The van der Waals surface area contributed by atoms with E-state index in [-0.39, 0.29) is 5.91 Å². The fraction of sp³-hybridized carbons (Fsp3) is 0.125. The van der Waals surface area contributed by atoms with Crippen molar-refractivity contribution in [2.75, 3.05) is 7.05 Å². The Morgan fingerprint density at radius 1 is 0.933 bits per heavy atom. The van der Waals surface area contributed by atoms with Gasteiger partial charge in [-0.25, -0.2) is 4.68 Å². The molecule has 30 heavy (non-hydrogen) atoms. The van der Waals surface area contributed by atoms with Crippen LogP contribution in [0.25, 0.3) is 11.8 Å². The van der Waals surface area contributed by atoms with E-state index >= 15 is 0 Å². The summed E-state index contributed by atoms with van der Waals surface area (Å²) in [5.41, 5.74) is 4.03. The third kappa shape index (κ3) is 4.91. The van der Waals surface area contributed by atoms with Gasteiger partial charge in [0.1, 0.15) is 0 Å². The van der Waals surface area contributed by atoms with E-state index in [0.29, 0.717) is 13.1 Å². The molecule has 0 aliphatic carbocycles. The second kappa shape index (κ2) is 9.05. The number of nitrogens with zero attached hydrogens (tertiary/aromatic N) is 5. The summed E-state index contributed by atoms with van der Waals surface area (Å²) in [6, 6.07) is 20.0. The molecule has 0 unspecified atom stereocenters. The van der Waals surface area contributed by atoms with Crippen molar-refractivity contribution in [3.63, 3.8) is 0 Å². The Hall–Kier alpha value is -3.93. The predicted molar refractivity (Wildman–Crippen MR) is 117 cm³/mol. The van der Waals surface area contributed by atoms with E-state index in [1.807, 2.05) is 65.6 Å². The highest BCUT2D eigenvalue weighted by atomic mass is 16.2. The average Bonchev–Trinajstić information content (AvgIpc) is 3.43. The van der Waals surface area contributed by atoms with Crippen molar-refractivity contribution >= 4 is 12.0 Å². The van der Waals surface area contributed by atoms with Gasteiger partial charge in [-0.15, -0.1) is 0 Å². The normalized spacial score (nSPS) is 11.1. The van der Waals surface area contributed by atoms with E-state index in [2.05, 4.69) is 22.3 Å². The maximum absolute atomic E-state index is 12.5. The van der Waals surface area contributed by atoms with Crippen molar-refractivity contribution in [1.29, 1.82) is 0 Å². The lowest BCUT2D eigenvalue weighted by Crippen LogP contribution is -2.23. The van der Waals surface area contributed by atoms with E-state index in [9.17, 15) is 4.79 Å². The molecule has 6 heteroatoms. The standard InChI is InChI=1S/C24H23N5O/c1-27(16-22-15-25-28(18-22)17-20-8-4-2-5-9-20)24(30)13-12-21-14-26-29(19-21)23-10-6-3-7-11-23/h2-15,18-19H,16-17H2,1H3. The number of carbonyl (C=O) groups excluding carboxylic acids is 1. The first kappa shape index (κ1) is 19.4. The van der Waals surface area contributed by atoms with Crippen LogP contribution in [-0.2, 0) is 17.9 Å². The second-order valence-corrected chi connectivity index (χ2v) is 7.11. The van der Waals surface area contributed by atoms with Crippen molar-refractivity contribution in [2.45, 2.75) is 13.1 Å². The summed E-state index contributed by atoms with van der Waals surface area (Å²) >= 11 is 0. The van der Waals surface area contributed by atoms with Gasteiger partial charge in [0.2, 0.25) is 5.91 Å². The van der Waals surface area contributed by atoms with Crippen molar-refractivity contribution < 1.29 is 4.79 Å². The number of hydrogen-bond donors (Lipinski definition) is 0. The number of amides is 1. The van der Waals surface area contributed by atoms with Crippen LogP contribution in [0.1, 0.15) is 16.7 Å². The van der Waals surface area contributed by atoms with Crippen LogP contribution in [0.15, 0.2) is 91.5 Å². The summed E-state index contributed by atoms with van der Waals surface area (Å²) in [6.45, 7) is 1.21. The molecule has 4 aromatic rings. The molecule has 0 aliphatic rings. The number of hydrogen-bond acceptors (Lipinski definition) is 3. The molecule has 0 saturated carbocycles. The number of likely N-dealkylation sites (N-methyl/N-ethyl adjacent to an activating group) is 1. The largest absolute Gasteiger partial charge is 0.338 e. The molecule has 2 aromatic heterocycles. The number of rotatable bonds is 7. The quantitative estimate of drug-likeness (QED) is 0.446. The predicted octanol–water partition coefficient (Wildman–Crippen LogP) is 3.79. The van der Waals surface area contributed by atoms with Gasteiger partial charge in [-0.05, 0) is 23.8 Å². The molecular weight excluding hydrogens is 374 g/mol. The van der Waals surface area contributed by atoms with Crippen LogP contribution in [0.2, 0.25) is 0 Å². The van der Waals surface area contributed by atoms with E-state index < -0.39 is 0 Å². The van der Waals surface area contributed by atoms with Crippen molar-refractivity contribution in [1.82, 2.24) is 24.5 Å². The first-order chi connectivity index (χ1) is 14.7. The first-order valence-electron chi connectivity index (χ1n) is 9.76. The maximum atomic E-state index is 12.5. The molecule has 2 aromatic carbocycles. The Balaban J connectivity index is 1.33. The van der Waals surface area contributed by atoms with Gasteiger partial charge < -0.3 is 4.90 Å². The van der Waals surface area contributed by atoms with Crippen LogP contribution in [0, 0.1) is 0 Å². The molecule has 0 fully saturated rings. The Morgan fingerprint density at radius 2 is 1.67 bits per heavy atom. The van der Waals surface area contributed by atoms with Gasteiger partial charge in [-0.3, -0.25) is 9.48 Å². The SMILES string of the molecule is CN(Cc1cnn(Cc2ccccc2)c1)C(=O)C=Cc1cnn(-c2ccccc2)c1. The van der Waals surface area contributed by atoms with Crippen LogP contribution in [0.5, 0.6) is 0 Å². The summed E-state index contributed by atoms with van der Waals surface area (Å²) in [4.78, 5) is 14.1. The van der Waals surface area contributed by atoms with Crippen LogP contribution in [-0.4, -0.2) is 37.4 Å². The Morgan fingerprint density at radius 3 is 2.43 bits per heavy atom. The smallest absolute Gasteiger partial charge is 0.246 e. The van der Waals surface area contributed by atoms with E-state index in [1.54, 1.807) is 41.2 Å². The lowest BCUT2D eigenvalue weighted by atomic mass is 10.2. The second-order valence-electron chi connectivity index (χ2n) is 7.11. The molecule has 0 atom stereocenters. The van der Waals surface area contributed by atoms with Gasteiger partial charge >= 0.3 is 0 Å². The third-order valence-corrected chi connectivity index (χ3v) is 4.71. The minimum absolute atomic E-state index is 0.0710. The lowest BCUT2D eigenvalue weighted by molar-refractivity contribution is -0.125. The van der Waals surface area contributed by atoms with Gasteiger partial charge in [-0.1, -0.05) is 48.5 Å². The van der Waals surface area contributed by atoms with Gasteiger partial charge in [0.15, 0.2) is 0 Å². The zero-order chi connectivity index (χ0) is 20.8. The Labute approximate surface area is 175 Å². The highest BCUT2D eigenvalue weighted by Gasteiger charge is 2.08. The molecular formula is C24H23N5O. The molecule has 0 aliphatic heterocycles. The van der Waals surface area contributed by atoms with Crippen molar-refractivity contribution in [2.24, 2.45) is 0 Å². The topological polar surface area (TPSA) is 56.0 Å². The van der Waals surface area contributed by atoms with Crippen molar-refractivity contribution in [3.05, 3.63) is 108 Å². The van der Waals surface area contributed by atoms with Crippen LogP contribution < -0.4 is 0 Å². The van der Waals surface area contributed by atoms with Crippen LogP contribution in [0.4, 0.5) is 0 Å². The summed E-state index contributed by atoms with van der Waals surface area (Å²) < 4.78 is 3.67. The third-order valence-electron chi connectivity index (χ3n) is 4.71. The zero-order valence-corrected chi connectivity index (χ0v) is 16.8. The number of benzene rings is 2. The molecule has 6 nitrogen and oxygen atoms in total. The summed E-state index contributed by atoms with van der Waals surface area (Å²) in [7, 11) is 1.79. The van der Waals surface area contributed by atoms with E-state index in [0.717, 1.165) is 16.8 Å². The minimum Gasteiger partial charge on any atom is -0.338 e. The summed E-state index contributed by atoms with van der Waals surface area (Å²) in [5.74, 6) is -0.0710. The van der Waals surface area contributed by atoms with Gasteiger partial charge in [0.05, 0.1) is 24.6 Å². The average molecular weight is 397 g/mol. The van der Waals surface area contributed by atoms with Gasteiger partial charge in [0, 0.05) is 43.2 Å². The molecule has 150 valence electrons. The highest BCUT2D eigenvalue weighted by Crippen LogP contribution is 2.10. The molecule has 1 amide bonds. The van der Waals surface area contributed by atoms with E-state index in [4.69, 9.17) is 0 Å². The molecule has 0 N–H and O–H groups in total. The Bertz CT molecular complexity index is 1130. The molecule has 0 spiro atoms. The van der Waals surface area contributed by atoms with Gasteiger partial charge in [-0.2, -0.15) is 10.2 Å². The lowest BCUT2D eigenvalue weighted by Gasteiger charge is -2.13.